The molecular formula is C11H11N3O4. The summed E-state index contributed by atoms with van der Waals surface area (Å²) in [5, 5.41) is 11.3. The number of hydrogen-bond donors (Lipinski definition) is 2. The minimum atomic E-state index is -1.11. The van der Waals surface area contributed by atoms with Gasteiger partial charge in [0.1, 0.15) is 0 Å². The molecule has 0 fully saturated rings. The molecule has 7 nitrogen and oxygen atoms in total. The maximum absolute atomic E-state index is 11.1. The third-order valence-corrected chi connectivity index (χ3v) is 2.30. The largest absolute Gasteiger partial charge is 0.480 e. The van der Waals surface area contributed by atoms with E-state index in [2.05, 4.69) is 10.3 Å². The van der Waals surface area contributed by atoms with Crippen molar-refractivity contribution in [1.29, 1.82) is 0 Å². The zero-order valence-corrected chi connectivity index (χ0v) is 9.58. The number of nitrogens with one attached hydrogen (secondary N) is 1. The van der Waals surface area contributed by atoms with Crippen LogP contribution in [0.3, 0.4) is 0 Å². The van der Waals surface area contributed by atoms with Crippen molar-refractivity contribution in [2.75, 3.05) is 13.7 Å². The van der Waals surface area contributed by atoms with Crippen LogP contribution in [0.4, 0.5) is 0 Å². The van der Waals surface area contributed by atoms with Gasteiger partial charge in [-0.1, -0.05) is 0 Å². The average molecular weight is 249 g/mol. The van der Waals surface area contributed by atoms with Gasteiger partial charge in [0.25, 0.3) is 5.91 Å². The molecule has 0 spiro atoms. The second kappa shape index (κ2) is 4.74. The summed E-state index contributed by atoms with van der Waals surface area (Å²) in [6, 6.07) is 3.30. The van der Waals surface area contributed by atoms with E-state index in [1.807, 2.05) is 0 Å². The van der Waals surface area contributed by atoms with Crippen LogP contribution in [-0.4, -0.2) is 40.0 Å². The average Bonchev–Trinajstić information content (AvgIpc) is 2.80. The van der Waals surface area contributed by atoms with Crippen LogP contribution in [-0.2, 0) is 4.79 Å². The normalized spacial score (nSPS) is 10.3. The molecule has 0 unspecified atom stereocenters. The van der Waals surface area contributed by atoms with E-state index < -0.39 is 5.97 Å². The first-order valence-electron chi connectivity index (χ1n) is 5.16. The summed E-state index contributed by atoms with van der Waals surface area (Å²) < 4.78 is 6.81. The molecule has 2 N–H and O–H groups in total. The van der Waals surface area contributed by atoms with Gasteiger partial charge in [0.2, 0.25) is 0 Å². The van der Waals surface area contributed by atoms with Gasteiger partial charge in [0.05, 0.1) is 0 Å². The van der Waals surface area contributed by atoms with Gasteiger partial charge in [-0.05, 0) is 12.1 Å². The quantitative estimate of drug-likeness (QED) is 0.805. The van der Waals surface area contributed by atoms with Crippen molar-refractivity contribution in [3.63, 3.8) is 0 Å². The Morgan fingerprint density at radius 1 is 1.56 bits per heavy atom. The number of likely N-dealkylation sites (N-methyl/N-ethyl adjacent to an activating group) is 1. The fourth-order valence-electron chi connectivity index (χ4n) is 1.42. The summed E-state index contributed by atoms with van der Waals surface area (Å²) in [4.78, 5) is 25.8. The summed E-state index contributed by atoms with van der Waals surface area (Å²) in [6.07, 6.45) is 3.03. The van der Waals surface area contributed by atoms with Crippen LogP contribution in [0, 0.1) is 0 Å². The van der Waals surface area contributed by atoms with E-state index in [1.54, 1.807) is 18.3 Å². The number of amides is 1. The lowest BCUT2D eigenvalue weighted by molar-refractivity contribution is -0.122. The summed E-state index contributed by atoms with van der Waals surface area (Å²) in [7, 11) is 1.50. The molecule has 18 heavy (non-hydrogen) atoms. The summed E-state index contributed by atoms with van der Waals surface area (Å²) in [6.45, 7) is -0.147. The third-order valence-electron chi connectivity index (χ3n) is 2.30. The first-order chi connectivity index (χ1) is 8.61. The SMILES string of the molecule is CNC(=O)COc1cccn2cc(C(=O)O)nc12. The number of fused-ring (bicyclic) bond motifs is 1. The Morgan fingerprint density at radius 2 is 2.33 bits per heavy atom. The number of pyridine rings is 1. The highest BCUT2D eigenvalue weighted by Crippen LogP contribution is 2.18. The molecule has 1 amide bonds. The van der Waals surface area contributed by atoms with E-state index in [1.165, 1.54) is 17.6 Å². The number of carbonyl (C=O) groups is 2. The highest BCUT2D eigenvalue weighted by Gasteiger charge is 2.12. The number of aromatic carboxylic acids is 1. The molecule has 0 aromatic carbocycles. The predicted octanol–water partition coefficient (Wildman–Crippen LogP) is 0.157. The molecule has 0 saturated heterocycles. The van der Waals surface area contributed by atoms with Crippen LogP contribution in [0.15, 0.2) is 24.5 Å². The molecule has 0 bridgehead atoms. The van der Waals surface area contributed by atoms with Crippen molar-refractivity contribution >= 4 is 17.5 Å². The van der Waals surface area contributed by atoms with Gasteiger partial charge in [-0.15, -0.1) is 0 Å². The number of ether oxygens (including phenoxy) is 1. The summed E-state index contributed by atoms with van der Waals surface area (Å²) in [5.74, 6) is -1.04. The van der Waals surface area contributed by atoms with Crippen molar-refractivity contribution in [2.45, 2.75) is 0 Å². The standard InChI is InChI=1S/C11H11N3O4/c1-12-9(15)6-18-8-3-2-4-14-5-7(11(16)17)13-10(8)14/h2-5H,6H2,1H3,(H,12,15)(H,16,17). The molecule has 2 aromatic rings. The molecule has 2 heterocycles. The topological polar surface area (TPSA) is 92.9 Å². The molecule has 0 radical (unpaired) electrons. The molecule has 7 heteroatoms. The third kappa shape index (κ3) is 2.24. The second-order valence-electron chi connectivity index (χ2n) is 3.50. The number of imidazole rings is 1. The zero-order valence-electron chi connectivity index (χ0n) is 9.58. The lowest BCUT2D eigenvalue weighted by atomic mass is 10.4. The molecule has 0 aliphatic carbocycles. The Balaban J connectivity index is 2.32. The molecule has 2 rings (SSSR count). The van der Waals surface area contributed by atoms with E-state index in [0.717, 1.165) is 0 Å². The Morgan fingerprint density at radius 3 is 3.00 bits per heavy atom. The highest BCUT2D eigenvalue weighted by atomic mass is 16.5. The molecule has 0 atom stereocenters. The first-order valence-corrected chi connectivity index (χ1v) is 5.16. The molecule has 94 valence electrons. The van der Waals surface area contributed by atoms with Crippen molar-refractivity contribution in [2.24, 2.45) is 0 Å². The van der Waals surface area contributed by atoms with E-state index in [9.17, 15) is 9.59 Å². The fraction of sp³-hybridized carbons (Fsp3) is 0.182. The van der Waals surface area contributed by atoms with Crippen LogP contribution in [0.5, 0.6) is 5.75 Å². The highest BCUT2D eigenvalue weighted by molar-refractivity contribution is 5.86. The van der Waals surface area contributed by atoms with Crippen LogP contribution in [0.2, 0.25) is 0 Å². The Hall–Kier alpha value is -2.57. The minimum absolute atomic E-state index is 0.0778. The summed E-state index contributed by atoms with van der Waals surface area (Å²) in [5.41, 5.74) is 0.282. The maximum Gasteiger partial charge on any atom is 0.356 e. The first kappa shape index (κ1) is 11.9. The number of carbonyl (C=O) groups excluding carboxylic acids is 1. The van der Waals surface area contributed by atoms with E-state index in [4.69, 9.17) is 9.84 Å². The van der Waals surface area contributed by atoms with Gasteiger partial charge in [-0.2, -0.15) is 0 Å². The van der Waals surface area contributed by atoms with Gasteiger partial charge in [-0.25, -0.2) is 9.78 Å². The van der Waals surface area contributed by atoms with E-state index in [-0.39, 0.29) is 18.2 Å². The smallest absolute Gasteiger partial charge is 0.356 e. The fourth-order valence-corrected chi connectivity index (χ4v) is 1.42. The number of hydrogen-bond acceptors (Lipinski definition) is 4. The number of carboxylic acids is 1. The van der Waals surface area contributed by atoms with Crippen molar-refractivity contribution in [3.05, 3.63) is 30.2 Å². The van der Waals surface area contributed by atoms with Gasteiger partial charge in [-0.3, -0.25) is 4.79 Å². The lowest BCUT2D eigenvalue weighted by Gasteiger charge is -2.05. The predicted molar refractivity (Wildman–Crippen MR) is 61.7 cm³/mol. The van der Waals surface area contributed by atoms with E-state index in [0.29, 0.717) is 11.4 Å². The molecule has 2 aromatic heterocycles. The van der Waals surface area contributed by atoms with Crippen LogP contribution in [0.25, 0.3) is 5.65 Å². The van der Waals surface area contributed by atoms with Crippen molar-refractivity contribution < 1.29 is 19.4 Å². The van der Waals surface area contributed by atoms with Gasteiger partial charge < -0.3 is 19.6 Å². The van der Waals surface area contributed by atoms with Crippen molar-refractivity contribution in [3.8, 4) is 5.75 Å². The van der Waals surface area contributed by atoms with Gasteiger partial charge >= 0.3 is 5.97 Å². The second-order valence-corrected chi connectivity index (χ2v) is 3.50. The molecule has 0 aliphatic rings. The molecular weight excluding hydrogens is 238 g/mol. The number of aromatic nitrogens is 2. The van der Waals surface area contributed by atoms with Crippen LogP contribution in [0.1, 0.15) is 10.5 Å². The Kier molecular flexibility index (Phi) is 3.13. The Bertz CT molecular complexity index is 605. The van der Waals surface area contributed by atoms with Gasteiger partial charge in [0, 0.05) is 19.4 Å². The van der Waals surface area contributed by atoms with Crippen LogP contribution >= 0.6 is 0 Å². The number of nitrogens with zero attached hydrogens (tertiary/aromatic N) is 2. The minimum Gasteiger partial charge on any atom is -0.480 e. The van der Waals surface area contributed by atoms with Crippen LogP contribution < -0.4 is 10.1 Å². The molecule has 0 aliphatic heterocycles. The zero-order chi connectivity index (χ0) is 13.1. The molecule has 0 saturated carbocycles. The van der Waals surface area contributed by atoms with Gasteiger partial charge in [0.15, 0.2) is 23.7 Å². The van der Waals surface area contributed by atoms with E-state index >= 15 is 0 Å². The number of carboxylic acid groups (broad SMARTS) is 1. The Labute approximate surface area is 102 Å². The summed E-state index contributed by atoms with van der Waals surface area (Å²) >= 11 is 0. The number of rotatable bonds is 4. The monoisotopic (exact) mass is 249 g/mol. The lowest BCUT2D eigenvalue weighted by Crippen LogP contribution is -2.24. The maximum atomic E-state index is 11.1. The van der Waals surface area contributed by atoms with Crippen molar-refractivity contribution in [1.82, 2.24) is 14.7 Å².